The van der Waals surface area contributed by atoms with E-state index in [1.165, 1.54) is 25.3 Å². The molecule has 0 aliphatic carbocycles. The van der Waals surface area contributed by atoms with Crippen molar-refractivity contribution in [2.24, 2.45) is 0 Å². The van der Waals surface area contributed by atoms with Gasteiger partial charge in [0, 0.05) is 11.8 Å². The van der Waals surface area contributed by atoms with Crippen LogP contribution >= 0.6 is 0 Å². The van der Waals surface area contributed by atoms with Gasteiger partial charge in [0.15, 0.2) is 0 Å². The molecule has 0 aliphatic heterocycles. The van der Waals surface area contributed by atoms with Crippen molar-refractivity contribution in [3.63, 3.8) is 0 Å². The summed E-state index contributed by atoms with van der Waals surface area (Å²) in [5.41, 5.74) is 1.42. The first-order chi connectivity index (χ1) is 9.67. The molecule has 5 heteroatoms. The second kappa shape index (κ2) is 5.73. The zero-order chi connectivity index (χ0) is 14.5. The molecule has 20 heavy (non-hydrogen) atoms. The van der Waals surface area contributed by atoms with E-state index < -0.39 is 5.82 Å². The minimum absolute atomic E-state index is 0.0589. The second-order valence-electron chi connectivity index (χ2n) is 3.95. The third kappa shape index (κ3) is 2.68. The van der Waals surface area contributed by atoms with Gasteiger partial charge in [0.05, 0.1) is 23.9 Å². The molecule has 0 amide bonds. The minimum atomic E-state index is -0.579. The van der Waals surface area contributed by atoms with Gasteiger partial charge < -0.3 is 10.1 Å². The number of rotatable bonds is 3. The molecule has 2 aromatic carbocycles. The third-order valence-electron chi connectivity index (χ3n) is 2.71. The van der Waals surface area contributed by atoms with E-state index in [1.54, 1.807) is 24.3 Å². The average molecular weight is 267 g/mol. The third-order valence-corrected chi connectivity index (χ3v) is 2.71. The highest BCUT2D eigenvalue weighted by atomic mass is 19.1. The summed E-state index contributed by atoms with van der Waals surface area (Å²) in [5.74, 6) is 0.0123. The number of anilines is 2. The van der Waals surface area contributed by atoms with Crippen LogP contribution in [-0.2, 0) is 0 Å². The Bertz CT molecular complexity index is 729. The smallest absolute Gasteiger partial charge is 0.141 e. The van der Waals surface area contributed by atoms with Crippen molar-refractivity contribution in [1.82, 2.24) is 0 Å². The molecule has 0 spiro atoms. The van der Waals surface area contributed by atoms with E-state index in [0.717, 1.165) is 0 Å². The van der Waals surface area contributed by atoms with E-state index >= 15 is 0 Å². The normalized spacial score (nSPS) is 9.40. The molecule has 0 radical (unpaired) electrons. The number of hydrogen-bond donors (Lipinski definition) is 1. The van der Waals surface area contributed by atoms with Crippen molar-refractivity contribution in [3.8, 4) is 17.9 Å². The van der Waals surface area contributed by atoms with Crippen molar-refractivity contribution >= 4 is 11.4 Å². The van der Waals surface area contributed by atoms with Gasteiger partial charge in [0.1, 0.15) is 23.7 Å². The maximum atomic E-state index is 13.3. The van der Waals surface area contributed by atoms with Gasteiger partial charge in [-0.3, -0.25) is 0 Å². The van der Waals surface area contributed by atoms with E-state index in [9.17, 15) is 4.39 Å². The lowest BCUT2D eigenvalue weighted by Crippen LogP contribution is -1.96. The van der Waals surface area contributed by atoms with Gasteiger partial charge in [-0.25, -0.2) is 4.39 Å². The van der Waals surface area contributed by atoms with E-state index in [0.29, 0.717) is 22.7 Å². The number of ether oxygens (including phenoxy) is 1. The molecule has 0 atom stereocenters. The van der Waals surface area contributed by atoms with Crippen molar-refractivity contribution < 1.29 is 9.13 Å². The van der Waals surface area contributed by atoms with Crippen molar-refractivity contribution in [1.29, 1.82) is 10.5 Å². The Morgan fingerprint density at radius 1 is 1.05 bits per heavy atom. The fourth-order valence-electron chi connectivity index (χ4n) is 1.70. The number of halogens is 1. The van der Waals surface area contributed by atoms with Crippen LogP contribution in [-0.4, -0.2) is 7.11 Å². The van der Waals surface area contributed by atoms with Gasteiger partial charge in [0.25, 0.3) is 0 Å². The lowest BCUT2D eigenvalue weighted by atomic mass is 10.1. The zero-order valence-corrected chi connectivity index (χ0v) is 10.6. The highest BCUT2D eigenvalue weighted by Crippen LogP contribution is 2.26. The van der Waals surface area contributed by atoms with Crippen LogP contribution in [0.2, 0.25) is 0 Å². The molecule has 2 rings (SSSR count). The standard InChI is InChI=1S/C15H10FN3O/c1-20-13-4-2-10(8-17)15(7-13)19-12-3-5-14(16)11(6-12)9-18/h2-7,19H,1H3. The molecular formula is C15H10FN3O. The number of benzene rings is 2. The molecule has 0 aromatic heterocycles. The van der Waals surface area contributed by atoms with E-state index in [2.05, 4.69) is 5.32 Å². The highest BCUT2D eigenvalue weighted by Gasteiger charge is 2.07. The van der Waals surface area contributed by atoms with Crippen molar-refractivity contribution in [2.45, 2.75) is 0 Å². The predicted molar refractivity (Wildman–Crippen MR) is 72.1 cm³/mol. The molecular weight excluding hydrogens is 257 g/mol. The van der Waals surface area contributed by atoms with Crippen LogP contribution in [0.1, 0.15) is 11.1 Å². The Labute approximate surface area is 115 Å². The average Bonchev–Trinajstić information content (AvgIpc) is 2.49. The van der Waals surface area contributed by atoms with Crippen LogP contribution in [0.15, 0.2) is 36.4 Å². The maximum absolute atomic E-state index is 13.3. The van der Waals surface area contributed by atoms with Crippen molar-refractivity contribution in [3.05, 3.63) is 53.3 Å². The number of nitriles is 2. The first-order valence-electron chi connectivity index (χ1n) is 5.72. The summed E-state index contributed by atoms with van der Waals surface area (Å²) in [4.78, 5) is 0. The van der Waals surface area contributed by atoms with Crippen LogP contribution in [0.4, 0.5) is 15.8 Å². The fraction of sp³-hybridized carbons (Fsp3) is 0.0667. The molecule has 0 aliphatic rings. The molecule has 1 N–H and O–H groups in total. The molecule has 4 nitrogen and oxygen atoms in total. The Balaban J connectivity index is 2.39. The summed E-state index contributed by atoms with van der Waals surface area (Å²) in [6.45, 7) is 0. The largest absolute Gasteiger partial charge is 0.497 e. The topological polar surface area (TPSA) is 68.8 Å². The predicted octanol–water partition coefficient (Wildman–Crippen LogP) is 3.32. The minimum Gasteiger partial charge on any atom is -0.497 e. The molecule has 2 aromatic rings. The van der Waals surface area contributed by atoms with Gasteiger partial charge in [-0.05, 0) is 30.3 Å². The first-order valence-corrected chi connectivity index (χ1v) is 5.72. The summed E-state index contributed by atoms with van der Waals surface area (Å²) in [6.07, 6.45) is 0. The highest BCUT2D eigenvalue weighted by molar-refractivity contribution is 5.69. The molecule has 0 saturated heterocycles. The number of hydrogen-bond acceptors (Lipinski definition) is 4. The van der Waals surface area contributed by atoms with Crippen LogP contribution in [0.3, 0.4) is 0 Å². The summed E-state index contributed by atoms with van der Waals surface area (Å²) >= 11 is 0. The van der Waals surface area contributed by atoms with Crippen molar-refractivity contribution in [2.75, 3.05) is 12.4 Å². The van der Waals surface area contributed by atoms with Gasteiger partial charge >= 0.3 is 0 Å². The van der Waals surface area contributed by atoms with E-state index in [4.69, 9.17) is 15.3 Å². The van der Waals surface area contributed by atoms with E-state index in [-0.39, 0.29) is 5.56 Å². The lowest BCUT2D eigenvalue weighted by molar-refractivity contribution is 0.415. The summed E-state index contributed by atoms with van der Waals surface area (Å²) in [7, 11) is 1.52. The molecule has 0 unspecified atom stereocenters. The monoisotopic (exact) mass is 267 g/mol. The number of nitrogens with one attached hydrogen (secondary N) is 1. The molecule has 0 saturated carbocycles. The van der Waals surface area contributed by atoms with Gasteiger partial charge in [-0.15, -0.1) is 0 Å². The van der Waals surface area contributed by atoms with Crippen LogP contribution in [0.25, 0.3) is 0 Å². The molecule has 98 valence electrons. The summed E-state index contributed by atoms with van der Waals surface area (Å²) < 4.78 is 18.3. The lowest BCUT2D eigenvalue weighted by Gasteiger charge is -2.10. The molecule has 0 bridgehead atoms. The Morgan fingerprint density at radius 3 is 2.45 bits per heavy atom. The van der Waals surface area contributed by atoms with Crippen LogP contribution in [0, 0.1) is 28.5 Å². The SMILES string of the molecule is COc1ccc(C#N)c(Nc2ccc(F)c(C#N)c2)c1. The van der Waals surface area contributed by atoms with E-state index in [1.807, 2.05) is 6.07 Å². The Hall–Kier alpha value is -3.05. The van der Waals surface area contributed by atoms with Gasteiger partial charge in [0.2, 0.25) is 0 Å². The quantitative estimate of drug-likeness (QED) is 0.926. The number of nitrogens with zero attached hydrogens (tertiary/aromatic N) is 2. The summed E-state index contributed by atoms with van der Waals surface area (Å²) in [5, 5.41) is 20.8. The Kier molecular flexibility index (Phi) is 3.83. The Morgan fingerprint density at radius 2 is 1.80 bits per heavy atom. The van der Waals surface area contributed by atoms with Gasteiger partial charge in [-0.1, -0.05) is 0 Å². The number of methoxy groups -OCH3 is 1. The molecule has 0 fully saturated rings. The maximum Gasteiger partial charge on any atom is 0.141 e. The second-order valence-corrected chi connectivity index (χ2v) is 3.95. The summed E-state index contributed by atoms with van der Waals surface area (Å²) in [6, 6.07) is 12.9. The van der Waals surface area contributed by atoms with Gasteiger partial charge in [-0.2, -0.15) is 10.5 Å². The molecule has 0 heterocycles. The van der Waals surface area contributed by atoms with Crippen LogP contribution < -0.4 is 10.1 Å². The zero-order valence-electron chi connectivity index (χ0n) is 10.6. The fourth-order valence-corrected chi connectivity index (χ4v) is 1.70. The van der Waals surface area contributed by atoms with Crippen LogP contribution in [0.5, 0.6) is 5.75 Å². The first kappa shape index (κ1) is 13.4.